The molecule has 0 spiro atoms. The molecule has 0 amide bonds. The second kappa shape index (κ2) is 8.73. The molecule has 3 atom stereocenters. The Morgan fingerprint density at radius 2 is 1.90 bits per heavy atom. The third-order valence-electron chi connectivity index (χ3n) is 6.09. The van der Waals surface area contributed by atoms with Crippen molar-refractivity contribution < 1.29 is 17.9 Å². The highest BCUT2D eigenvalue weighted by atomic mass is 19.1. The molecule has 2 N–H and O–H groups in total. The minimum absolute atomic E-state index is 0.0839. The van der Waals surface area contributed by atoms with Crippen LogP contribution < -0.4 is 15.6 Å². The molecule has 4 rings (SSSR count). The van der Waals surface area contributed by atoms with Gasteiger partial charge in [0.1, 0.15) is 23.2 Å². The fourth-order valence-electron chi connectivity index (χ4n) is 4.68. The van der Waals surface area contributed by atoms with Crippen LogP contribution >= 0.6 is 0 Å². The molecule has 3 unspecified atom stereocenters. The van der Waals surface area contributed by atoms with Crippen LogP contribution in [0.4, 0.5) is 13.2 Å². The number of piperidine rings is 1. The Hall–Kier alpha value is -2.09. The number of benzene rings is 2. The van der Waals surface area contributed by atoms with Crippen LogP contribution in [-0.2, 0) is 6.54 Å². The van der Waals surface area contributed by atoms with E-state index in [1.54, 1.807) is 19.2 Å². The van der Waals surface area contributed by atoms with Crippen LogP contribution in [0.1, 0.15) is 29.9 Å². The molecule has 7 heteroatoms. The summed E-state index contributed by atoms with van der Waals surface area (Å²) in [5.41, 5.74) is 7.06. The first kappa shape index (κ1) is 20.2. The highest BCUT2D eigenvalue weighted by Crippen LogP contribution is 2.34. The molecule has 156 valence electrons. The molecule has 0 radical (unpaired) electrons. The fourth-order valence-corrected chi connectivity index (χ4v) is 4.68. The molecule has 2 saturated heterocycles. The van der Waals surface area contributed by atoms with Gasteiger partial charge in [0.2, 0.25) is 0 Å². The number of nitrogens with zero attached hydrogens (tertiary/aromatic N) is 1. The third kappa shape index (κ3) is 4.27. The van der Waals surface area contributed by atoms with Crippen molar-refractivity contribution in [2.24, 2.45) is 5.92 Å². The Balaban J connectivity index is 1.49. The van der Waals surface area contributed by atoms with Gasteiger partial charge in [-0.1, -0.05) is 6.07 Å². The van der Waals surface area contributed by atoms with E-state index in [-0.39, 0.29) is 29.3 Å². The fraction of sp³-hybridized carbons (Fsp3) is 0.455. The zero-order valence-electron chi connectivity index (χ0n) is 16.4. The Labute approximate surface area is 169 Å². The van der Waals surface area contributed by atoms with E-state index in [0.717, 1.165) is 25.9 Å². The molecular formula is C22H26F3N3O. The van der Waals surface area contributed by atoms with E-state index in [1.807, 2.05) is 0 Å². The lowest BCUT2D eigenvalue weighted by molar-refractivity contribution is 0.137. The molecular weight excluding hydrogens is 379 g/mol. The largest absolute Gasteiger partial charge is 0.497 e. The van der Waals surface area contributed by atoms with E-state index in [0.29, 0.717) is 24.4 Å². The van der Waals surface area contributed by atoms with Crippen molar-refractivity contribution in [3.8, 4) is 5.75 Å². The van der Waals surface area contributed by atoms with Crippen LogP contribution in [0.25, 0.3) is 0 Å². The van der Waals surface area contributed by atoms with E-state index in [9.17, 15) is 13.2 Å². The van der Waals surface area contributed by atoms with E-state index in [2.05, 4.69) is 15.8 Å². The van der Waals surface area contributed by atoms with Gasteiger partial charge in [0.25, 0.3) is 0 Å². The van der Waals surface area contributed by atoms with E-state index in [4.69, 9.17) is 4.74 Å². The second-order valence-electron chi connectivity index (χ2n) is 7.89. The van der Waals surface area contributed by atoms with Gasteiger partial charge in [-0.25, -0.2) is 13.2 Å². The number of hydrogen-bond donors (Lipinski definition) is 2. The topological polar surface area (TPSA) is 36.5 Å². The van der Waals surface area contributed by atoms with Gasteiger partial charge in [-0.05, 0) is 55.6 Å². The number of nitrogens with one attached hydrogen (secondary N) is 2. The summed E-state index contributed by atoms with van der Waals surface area (Å²) in [5, 5.41) is 0. The predicted molar refractivity (Wildman–Crippen MR) is 105 cm³/mol. The summed E-state index contributed by atoms with van der Waals surface area (Å²) < 4.78 is 48.2. The molecule has 2 aliphatic rings. The van der Waals surface area contributed by atoms with Gasteiger partial charge < -0.3 is 4.74 Å². The number of halogens is 3. The molecule has 2 aromatic carbocycles. The van der Waals surface area contributed by atoms with Gasteiger partial charge in [0.05, 0.1) is 7.11 Å². The van der Waals surface area contributed by atoms with Crippen LogP contribution in [-0.4, -0.2) is 37.7 Å². The van der Waals surface area contributed by atoms with E-state index in [1.165, 1.54) is 24.3 Å². The Kier molecular flexibility index (Phi) is 6.08. The molecule has 0 aromatic heterocycles. The molecule has 29 heavy (non-hydrogen) atoms. The minimum Gasteiger partial charge on any atom is -0.497 e. The maximum atomic E-state index is 14.4. The molecule has 2 aliphatic heterocycles. The number of rotatable bonds is 5. The number of likely N-dealkylation sites (tertiary alicyclic amines) is 1. The maximum Gasteiger partial charge on any atom is 0.129 e. The quantitative estimate of drug-likeness (QED) is 0.797. The molecule has 0 aliphatic carbocycles. The van der Waals surface area contributed by atoms with Gasteiger partial charge >= 0.3 is 0 Å². The molecule has 0 bridgehead atoms. The Morgan fingerprint density at radius 1 is 1.10 bits per heavy atom. The van der Waals surface area contributed by atoms with Crippen LogP contribution in [0, 0.1) is 23.4 Å². The summed E-state index contributed by atoms with van der Waals surface area (Å²) in [5.74, 6) is -0.703. The third-order valence-corrected chi connectivity index (χ3v) is 6.09. The SMILES string of the molecule is COc1ccc(F)c(CN2CCCC(C3NNCC3c3c(F)cccc3F)C2)c1. The zero-order chi connectivity index (χ0) is 20.4. The lowest BCUT2D eigenvalue weighted by atomic mass is 9.80. The van der Waals surface area contributed by atoms with Gasteiger partial charge in [0.15, 0.2) is 0 Å². The van der Waals surface area contributed by atoms with Crippen LogP contribution in [0.5, 0.6) is 5.75 Å². The summed E-state index contributed by atoms with van der Waals surface area (Å²) in [4.78, 5) is 2.21. The van der Waals surface area contributed by atoms with Crippen molar-refractivity contribution in [2.75, 3.05) is 26.7 Å². The Morgan fingerprint density at radius 3 is 2.66 bits per heavy atom. The minimum atomic E-state index is -0.503. The summed E-state index contributed by atoms with van der Waals surface area (Å²) in [6.07, 6.45) is 1.92. The van der Waals surface area contributed by atoms with Gasteiger partial charge in [-0.15, -0.1) is 0 Å². The van der Waals surface area contributed by atoms with Gasteiger partial charge in [0, 0.05) is 42.7 Å². The van der Waals surface area contributed by atoms with E-state index >= 15 is 0 Å². The number of hydrazine groups is 1. The summed E-state index contributed by atoms with van der Waals surface area (Å²) in [6.45, 7) is 2.57. The lowest BCUT2D eigenvalue weighted by Gasteiger charge is -2.37. The van der Waals surface area contributed by atoms with Crippen molar-refractivity contribution in [1.82, 2.24) is 15.8 Å². The van der Waals surface area contributed by atoms with E-state index < -0.39 is 11.6 Å². The number of hydrogen-bond acceptors (Lipinski definition) is 4. The van der Waals surface area contributed by atoms with Crippen LogP contribution in [0.3, 0.4) is 0 Å². The van der Waals surface area contributed by atoms with Gasteiger partial charge in [-0.2, -0.15) is 0 Å². The predicted octanol–water partition coefficient (Wildman–Crippen LogP) is 3.58. The molecule has 0 saturated carbocycles. The number of ether oxygens (including phenoxy) is 1. The van der Waals surface area contributed by atoms with Crippen molar-refractivity contribution in [1.29, 1.82) is 0 Å². The van der Waals surface area contributed by atoms with Crippen molar-refractivity contribution >= 4 is 0 Å². The van der Waals surface area contributed by atoms with Crippen molar-refractivity contribution in [3.05, 3.63) is 65.0 Å². The van der Waals surface area contributed by atoms with Crippen LogP contribution in [0.2, 0.25) is 0 Å². The standard InChI is InChI=1S/C22H26F3N3O/c1-29-16-7-8-18(23)15(10-16)13-28-9-3-4-14(12-28)22-17(11-26-27-22)21-19(24)5-2-6-20(21)25/h2,5-8,10,14,17,22,26-27H,3-4,9,11-13H2,1H3. The average Bonchev–Trinajstić information content (AvgIpc) is 3.19. The average molecular weight is 405 g/mol. The zero-order valence-corrected chi connectivity index (χ0v) is 16.4. The van der Waals surface area contributed by atoms with Crippen molar-refractivity contribution in [3.63, 3.8) is 0 Å². The summed E-state index contributed by atoms with van der Waals surface area (Å²) >= 11 is 0. The highest BCUT2D eigenvalue weighted by molar-refractivity contribution is 5.30. The molecule has 2 aromatic rings. The normalized spacial score (nSPS) is 25.3. The van der Waals surface area contributed by atoms with Crippen LogP contribution in [0.15, 0.2) is 36.4 Å². The summed E-state index contributed by atoms with van der Waals surface area (Å²) in [7, 11) is 1.56. The molecule has 4 nitrogen and oxygen atoms in total. The smallest absolute Gasteiger partial charge is 0.129 e. The first-order valence-electron chi connectivity index (χ1n) is 10.0. The second-order valence-corrected chi connectivity index (χ2v) is 7.89. The lowest BCUT2D eigenvalue weighted by Crippen LogP contribution is -2.46. The highest BCUT2D eigenvalue weighted by Gasteiger charge is 2.39. The number of methoxy groups -OCH3 is 1. The van der Waals surface area contributed by atoms with Gasteiger partial charge in [-0.3, -0.25) is 15.8 Å². The molecule has 2 heterocycles. The Bertz CT molecular complexity index is 843. The summed E-state index contributed by atoms with van der Waals surface area (Å²) in [6, 6.07) is 8.70. The first-order chi connectivity index (χ1) is 14.1. The first-order valence-corrected chi connectivity index (χ1v) is 10.0. The maximum absolute atomic E-state index is 14.4. The monoisotopic (exact) mass is 405 g/mol. The van der Waals surface area contributed by atoms with Crippen molar-refractivity contribution in [2.45, 2.75) is 31.3 Å². The molecule has 2 fully saturated rings.